The van der Waals surface area contributed by atoms with Crippen molar-refractivity contribution in [3.8, 4) is 11.3 Å². The molecule has 8 rings (SSSR count). The zero-order valence-electron chi connectivity index (χ0n) is 23.3. The average molecular weight is 606 g/mol. The number of aromatic carboxylic acids is 1. The van der Waals surface area contributed by atoms with Crippen molar-refractivity contribution in [2.24, 2.45) is 5.92 Å². The largest absolute Gasteiger partial charge is 0.478 e. The number of carboxylic acid groups (broad SMARTS) is 1. The second-order valence-corrected chi connectivity index (χ2v) is 13.7. The summed E-state index contributed by atoms with van der Waals surface area (Å²) in [6.07, 6.45) is 5.31. The van der Waals surface area contributed by atoms with Gasteiger partial charge in [-0.3, -0.25) is 0 Å². The van der Waals surface area contributed by atoms with Crippen molar-refractivity contribution >= 4 is 44.3 Å². The molecule has 0 spiro atoms. The third-order valence-electron chi connectivity index (χ3n) is 9.52. The van der Waals surface area contributed by atoms with Crippen LogP contribution in [0.3, 0.4) is 0 Å². The molecular formula is C32H32ClN3O5S. The van der Waals surface area contributed by atoms with Crippen LogP contribution in [0.4, 0.5) is 5.13 Å². The van der Waals surface area contributed by atoms with Gasteiger partial charge in [-0.25, -0.2) is 9.78 Å². The lowest BCUT2D eigenvalue weighted by Gasteiger charge is -2.31. The summed E-state index contributed by atoms with van der Waals surface area (Å²) in [5.74, 6) is 1.07. The van der Waals surface area contributed by atoms with E-state index >= 15 is 0 Å². The quantitative estimate of drug-likeness (QED) is 0.226. The summed E-state index contributed by atoms with van der Waals surface area (Å²) in [7, 11) is 0. The van der Waals surface area contributed by atoms with Crippen molar-refractivity contribution in [3.63, 3.8) is 0 Å². The Labute approximate surface area is 252 Å². The Morgan fingerprint density at radius 3 is 2.81 bits per heavy atom. The summed E-state index contributed by atoms with van der Waals surface area (Å²) < 4.78 is 19.1. The Morgan fingerprint density at radius 2 is 2.10 bits per heavy atom. The molecule has 2 aromatic carbocycles. The van der Waals surface area contributed by atoms with Gasteiger partial charge in [-0.2, -0.15) is 0 Å². The van der Waals surface area contributed by atoms with Crippen LogP contribution < -0.4 is 4.90 Å². The van der Waals surface area contributed by atoms with Crippen LogP contribution in [0.15, 0.2) is 34.9 Å². The molecule has 2 saturated heterocycles. The lowest BCUT2D eigenvalue weighted by atomic mass is 9.95. The summed E-state index contributed by atoms with van der Waals surface area (Å²) in [4.78, 5) is 19.4. The Hall–Kier alpha value is -2.98. The van der Waals surface area contributed by atoms with E-state index in [-0.39, 0.29) is 12.0 Å². The maximum absolute atomic E-state index is 11.9. The first kappa shape index (κ1) is 26.6. The predicted molar refractivity (Wildman–Crippen MR) is 161 cm³/mol. The fourth-order valence-corrected chi connectivity index (χ4v) is 8.60. The highest BCUT2D eigenvalue weighted by Gasteiger charge is 2.47. The smallest absolute Gasteiger partial charge is 0.335 e. The van der Waals surface area contributed by atoms with Crippen molar-refractivity contribution in [2.45, 2.75) is 69.6 Å². The van der Waals surface area contributed by atoms with Gasteiger partial charge in [-0.1, -0.05) is 40.2 Å². The number of aryl methyl sites for hydroxylation is 1. The van der Waals surface area contributed by atoms with E-state index in [4.69, 9.17) is 30.6 Å². The van der Waals surface area contributed by atoms with E-state index in [1.54, 1.807) is 23.5 Å². The van der Waals surface area contributed by atoms with Gasteiger partial charge in [-0.05, 0) is 68.4 Å². The van der Waals surface area contributed by atoms with Crippen LogP contribution in [-0.4, -0.2) is 53.1 Å². The molecule has 0 radical (unpaired) electrons. The van der Waals surface area contributed by atoms with Gasteiger partial charge in [0, 0.05) is 48.1 Å². The minimum atomic E-state index is -0.905. The number of fused-ring (bicyclic) bond motifs is 3. The van der Waals surface area contributed by atoms with Gasteiger partial charge in [0.05, 0.1) is 40.1 Å². The number of thiazole rings is 1. The van der Waals surface area contributed by atoms with Gasteiger partial charge >= 0.3 is 5.97 Å². The number of rotatable bonds is 8. The van der Waals surface area contributed by atoms with Crippen LogP contribution in [0, 0.1) is 12.8 Å². The van der Waals surface area contributed by atoms with Gasteiger partial charge in [0.1, 0.15) is 11.5 Å². The second kappa shape index (κ2) is 10.3. The average Bonchev–Trinajstić information content (AvgIpc) is 3.49. The number of nitrogens with zero attached hydrogens (tertiary/aromatic N) is 3. The first-order valence-corrected chi connectivity index (χ1v) is 16.0. The molecule has 4 aromatic rings. The Balaban J connectivity index is 1.02. The predicted octanol–water partition coefficient (Wildman–Crippen LogP) is 7.18. The zero-order chi connectivity index (χ0) is 28.5. The van der Waals surface area contributed by atoms with Crippen molar-refractivity contribution in [2.75, 3.05) is 24.7 Å². The SMILES string of the molecule is Cc1cccc(Cl)c1-c1noc(C2CC2)c1CO[C@@H]1C[C@@H]2C[C@H]1CN2c1nc2c([C@H]3CCOC3)cc(C(=O)O)cc2s1. The van der Waals surface area contributed by atoms with E-state index in [9.17, 15) is 9.90 Å². The molecule has 10 heteroatoms. The van der Waals surface area contributed by atoms with E-state index in [2.05, 4.69) is 23.0 Å². The Bertz CT molecular complexity index is 1670. The van der Waals surface area contributed by atoms with Crippen molar-refractivity contribution < 1.29 is 23.9 Å². The van der Waals surface area contributed by atoms with Gasteiger partial charge in [0.2, 0.25) is 0 Å². The molecule has 2 saturated carbocycles. The molecular weight excluding hydrogens is 574 g/mol. The topological polar surface area (TPSA) is 97.9 Å². The van der Waals surface area contributed by atoms with Gasteiger partial charge < -0.3 is 24.0 Å². The van der Waals surface area contributed by atoms with Gasteiger partial charge in [0.25, 0.3) is 0 Å². The van der Waals surface area contributed by atoms with Crippen LogP contribution in [0.1, 0.15) is 76.7 Å². The van der Waals surface area contributed by atoms with E-state index in [1.165, 1.54) is 0 Å². The molecule has 2 aromatic heterocycles. The molecule has 2 bridgehead atoms. The van der Waals surface area contributed by atoms with E-state index in [1.807, 2.05) is 12.1 Å². The van der Waals surface area contributed by atoms with E-state index in [0.29, 0.717) is 48.3 Å². The highest BCUT2D eigenvalue weighted by Crippen LogP contribution is 2.48. The summed E-state index contributed by atoms with van der Waals surface area (Å²) in [5, 5.41) is 15.9. The molecule has 0 unspecified atom stereocenters. The van der Waals surface area contributed by atoms with Crippen molar-refractivity contribution in [1.82, 2.24) is 10.1 Å². The summed E-state index contributed by atoms with van der Waals surface area (Å²) in [6.45, 7) is 4.73. The lowest BCUT2D eigenvalue weighted by molar-refractivity contribution is 0.0122. The zero-order valence-corrected chi connectivity index (χ0v) is 24.9. The summed E-state index contributed by atoms with van der Waals surface area (Å²) in [5.41, 5.74) is 6.10. The van der Waals surface area contributed by atoms with Crippen molar-refractivity contribution in [1.29, 1.82) is 0 Å². The Kier molecular flexibility index (Phi) is 6.55. The number of benzene rings is 2. The van der Waals surface area contributed by atoms with Crippen LogP contribution >= 0.6 is 22.9 Å². The number of carbonyl (C=O) groups is 1. The monoisotopic (exact) mass is 605 g/mol. The third-order valence-corrected chi connectivity index (χ3v) is 10.9. The van der Waals surface area contributed by atoms with Crippen LogP contribution in [0.25, 0.3) is 21.5 Å². The number of halogens is 1. The highest BCUT2D eigenvalue weighted by molar-refractivity contribution is 7.22. The molecule has 2 aliphatic carbocycles. The molecule has 1 N–H and O–H groups in total. The molecule has 42 heavy (non-hydrogen) atoms. The number of hydrogen-bond acceptors (Lipinski definition) is 8. The molecule has 4 atom stereocenters. The number of ether oxygens (including phenoxy) is 2. The standard InChI is InChI=1S/C32H32ClN3O5S/c1-16-3-2-4-24(33)27(16)29-23(30(41-35-29)17-5-6-17)15-40-25-12-21-9-20(25)13-36(21)32-34-28-22(18-7-8-39-14-18)10-19(31(37)38)11-26(28)42-32/h2-4,10-11,17-18,20-21,25H,5-9,12-15H2,1H3,(H,37,38)/t18-,20-,21-,25+/m0/s1. The fraction of sp³-hybridized carbons (Fsp3) is 0.469. The van der Waals surface area contributed by atoms with E-state index in [0.717, 1.165) is 87.7 Å². The number of anilines is 1. The van der Waals surface area contributed by atoms with Crippen molar-refractivity contribution in [3.05, 3.63) is 63.4 Å². The normalized spacial score (nSPS) is 25.2. The first-order valence-electron chi connectivity index (χ1n) is 14.8. The lowest BCUT2D eigenvalue weighted by Crippen LogP contribution is -2.38. The maximum atomic E-state index is 11.9. The minimum absolute atomic E-state index is 0.160. The maximum Gasteiger partial charge on any atom is 0.335 e. The first-order chi connectivity index (χ1) is 20.4. The number of carboxylic acids is 1. The highest BCUT2D eigenvalue weighted by atomic mass is 35.5. The van der Waals surface area contributed by atoms with Gasteiger partial charge in [-0.15, -0.1) is 0 Å². The molecule has 0 amide bonds. The molecule has 8 nitrogen and oxygen atoms in total. The number of piperidine rings is 1. The molecule has 2 aliphatic heterocycles. The van der Waals surface area contributed by atoms with Crippen LogP contribution in [0.5, 0.6) is 0 Å². The number of aromatic nitrogens is 2. The summed E-state index contributed by atoms with van der Waals surface area (Å²) >= 11 is 8.23. The van der Waals surface area contributed by atoms with Gasteiger partial charge in [0.15, 0.2) is 5.13 Å². The van der Waals surface area contributed by atoms with Crippen LogP contribution in [-0.2, 0) is 16.1 Å². The second-order valence-electron chi connectivity index (χ2n) is 12.2. The fourth-order valence-electron chi connectivity index (χ4n) is 7.17. The van der Waals surface area contributed by atoms with Crippen LogP contribution in [0.2, 0.25) is 5.02 Å². The number of hydrogen-bond donors (Lipinski definition) is 1. The molecule has 4 heterocycles. The molecule has 4 fully saturated rings. The molecule has 4 aliphatic rings. The third kappa shape index (κ3) is 4.53. The molecule has 218 valence electrons. The summed E-state index contributed by atoms with van der Waals surface area (Å²) in [6, 6.07) is 9.84. The Morgan fingerprint density at radius 1 is 1.21 bits per heavy atom. The van der Waals surface area contributed by atoms with E-state index < -0.39 is 5.97 Å². The minimum Gasteiger partial charge on any atom is -0.478 e.